The minimum Gasteiger partial charge on any atom is -0.423 e. The zero-order chi connectivity index (χ0) is 19.1. The predicted molar refractivity (Wildman–Crippen MR) is 57.5 cm³/mol. The summed E-state index contributed by atoms with van der Waals surface area (Å²) >= 11 is 0. The van der Waals surface area contributed by atoms with Gasteiger partial charge in [-0.15, -0.1) is 0 Å². The Hall–Kier alpha value is -1.38. The van der Waals surface area contributed by atoms with Crippen LogP contribution in [-0.4, -0.2) is 22.2 Å². The van der Waals surface area contributed by atoms with E-state index in [1.54, 1.807) is 0 Å². The maximum absolute atomic E-state index is 9.21. The van der Waals surface area contributed by atoms with Crippen LogP contribution < -0.4 is 5.46 Å². The van der Waals surface area contributed by atoms with Crippen molar-refractivity contribution in [3.63, 3.8) is 0 Å². The fraction of sp³-hybridized carbons (Fsp3) is 0.400. The molecular weight excluding hydrogens is 191 g/mol. The predicted octanol–water partition coefficient (Wildman–Crippen LogP) is 0.147. The molecule has 0 aliphatic carbocycles. The van der Waals surface area contributed by atoms with Crippen molar-refractivity contribution in [3.05, 3.63) is 23.5 Å². The zero-order valence-corrected chi connectivity index (χ0v) is 7.52. The van der Waals surface area contributed by atoms with E-state index in [0.717, 1.165) is 6.07 Å². The van der Waals surface area contributed by atoms with Gasteiger partial charge in [-0.1, -0.05) is 13.7 Å². The second-order valence-corrected chi connectivity index (χ2v) is 2.66. The van der Waals surface area contributed by atoms with Gasteiger partial charge < -0.3 is 10.0 Å². The topological polar surface area (TPSA) is 77.1 Å². The average Bonchev–Trinajstić information content (AvgIpc) is 2.42. The van der Waals surface area contributed by atoms with Gasteiger partial charge in [0.15, 0.2) is 0 Å². The second-order valence-electron chi connectivity index (χ2n) is 2.66. The summed E-state index contributed by atoms with van der Waals surface area (Å²) in [7, 11) is -2.15. The van der Waals surface area contributed by atoms with Crippen LogP contribution in [0.2, 0.25) is 0 Å². The number of pyridine rings is 1. The lowest BCUT2D eigenvalue weighted by Crippen LogP contribution is -2.31. The lowest BCUT2D eigenvalue weighted by molar-refractivity contribution is 0.425. The van der Waals surface area contributed by atoms with Crippen LogP contribution in [-0.2, 0) is 0 Å². The molecule has 5 heteroatoms. The van der Waals surface area contributed by atoms with Crippen LogP contribution in [0.15, 0.2) is 12.1 Å². The molecule has 0 aromatic carbocycles. The van der Waals surface area contributed by atoms with Gasteiger partial charge in [0.1, 0.15) is 11.8 Å². The van der Waals surface area contributed by atoms with E-state index < -0.39 is 49.9 Å². The minimum atomic E-state index is -3.58. The van der Waals surface area contributed by atoms with Crippen LogP contribution in [0.5, 0.6) is 0 Å². The summed E-state index contributed by atoms with van der Waals surface area (Å²) in [4.78, 5) is 3.53. The number of nitrogens with zero attached hydrogens (tertiary/aromatic N) is 2. The largest absolute Gasteiger partial charge is 0.488 e. The Morgan fingerprint density at radius 3 is 3.13 bits per heavy atom. The fourth-order valence-electron chi connectivity index (χ4n) is 0.950. The molecule has 4 nitrogen and oxygen atoms in total. The van der Waals surface area contributed by atoms with Gasteiger partial charge in [0.05, 0.1) is 0 Å². The summed E-state index contributed by atoms with van der Waals surface area (Å²) in [5, 5.41) is 27.3. The molecule has 1 aromatic rings. The molecule has 0 amide bonds. The minimum absolute atomic E-state index is 0.418. The van der Waals surface area contributed by atoms with E-state index in [4.69, 9.17) is 17.6 Å². The number of hydrogen-bond acceptors (Lipinski definition) is 4. The van der Waals surface area contributed by atoms with E-state index in [-0.39, 0.29) is 0 Å². The first-order valence-corrected chi connectivity index (χ1v) is 3.88. The molecule has 0 aliphatic rings. The van der Waals surface area contributed by atoms with Gasteiger partial charge in [-0.05, 0) is 29.9 Å². The Labute approximate surface area is 102 Å². The van der Waals surface area contributed by atoms with E-state index in [1.165, 1.54) is 6.07 Å². The van der Waals surface area contributed by atoms with Crippen LogP contribution in [0, 0.1) is 11.3 Å². The molecule has 0 saturated carbocycles. The molecule has 78 valence electrons. The molecule has 1 rings (SSSR count). The highest BCUT2D eigenvalue weighted by molar-refractivity contribution is 6.58. The molecule has 0 radical (unpaired) electrons. The Balaban J connectivity index is 3.85. The quantitative estimate of drug-likeness (QED) is 0.700. The molecule has 0 bridgehead atoms. The molecule has 0 aliphatic heterocycles. The van der Waals surface area contributed by atoms with Crippen LogP contribution in [0.25, 0.3) is 0 Å². The lowest BCUT2D eigenvalue weighted by Gasteiger charge is -2.10. The number of rotatable bonds is 3. The number of nitriles is 1. The third-order valence-electron chi connectivity index (χ3n) is 1.64. The average molecular weight is 213 g/mol. The molecule has 1 heterocycles. The molecule has 0 fully saturated rings. The standard InChI is InChI=1S/C10H13BN2O2/c1-3-7(2)10-5-8(11(14)15)4-9(6-12)13-10/h4-5,7,14-15H,3H2,1-2H3/i1D3,2D3,3D2,7D. The fourth-order valence-corrected chi connectivity index (χ4v) is 0.950. The summed E-state index contributed by atoms with van der Waals surface area (Å²) in [6.45, 7) is -6.98. The van der Waals surface area contributed by atoms with Crippen LogP contribution >= 0.6 is 0 Å². The normalized spacial score (nSPS) is 25.5. The number of hydrogen-bond donors (Lipinski definition) is 2. The first-order chi connectivity index (χ1) is 10.6. The van der Waals surface area contributed by atoms with Crippen molar-refractivity contribution < 1.29 is 22.4 Å². The molecule has 0 saturated heterocycles. The summed E-state index contributed by atoms with van der Waals surface area (Å²) in [5.74, 6) is -3.39. The van der Waals surface area contributed by atoms with Gasteiger partial charge in [0.25, 0.3) is 0 Å². The van der Waals surface area contributed by atoms with Gasteiger partial charge in [0, 0.05) is 18.0 Å². The van der Waals surface area contributed by atoms with Crippen molar-refractivity contribution in [1.82, 2.24) is 4.98 Å². The Kier molecular flexibility index (Phi) is 1.39. The molecule has 0 spiro atoms. The monoisotopic (exact) mass is 213 g/mol. The highest BCUT2D eigenvalue weighted by atomic mass is 16.4. The molecule has 1 aromatic heterocycles. The summed E-state index contributed by atoms with van der Waals surface area (Å²) in [6.07, 6.45) is -3.58. The summed E-state index contributed by atoms with van der Waals surface area (Å²) < 4.78 is 67.8. The van der Waals surface area contributed by atoms with Gasteiger partial charge in [-0.3, -0.25) is 0 Å². The van der Waals surface area contributed by atoms with Crippen molar-refractivity contribution >= 4 is 12.6 Å². The molecular formula is C10H13BN2O2. The maximum Gasteiger partial charge on any atom is 0.488 e. The Bertz CT molecular complexity index is 668. The van der Waals surface area contributed by atoms with Crippen molar-refractivity contribution in [2.24, 2.45) is 0 Å². The van der Waals surface area contributed by atoms with Gasteiger partial charge in [-0.25, -0.2) is 4.98 Å². The smallest absolute Gasteiger partial charge is 0.423 e. The van der Waals surface area contributed by atoms with Gasteiger partial charge >= 0.3 is 7.12 Å². The van der Waals surface area contributed by atoms with E-state index in [9.17, 15) is 10.0 Å². The third-order valence-corrected chi connectivity index (χ3v) is 1.64. The molecule has 2 N–H and O–H groups in total. The van der Waals surface area contributed by atoms with Crippen LogP contribution in [0.4, 0.5) is 0 Å². The Morgan fingerprint density at radius 1 is 1.80 bits per heavy atom. The third kappa shape index (κ3) is 2.78. The second kappa shape index (κ2) is 4.92. The molecule has 1 unspecified atom stereocenters. The number of aromatic nitrogens is 1. The summed E-state index contributed by atoms with van der Waals surface area (Å²) in [5.41, 5.74) is -1.85. The van der Waals surface area contributed by atoms with Crippen molar-refractivity contribution in [2.75, 3.05) is 0 Å². The van der Waals surface area contributed by atoms with Crippen LogP contribution in [0.3, 0.4) is 0 Å². The van der Waals surface area contributed by atoms with E-state index in [1.807, 2.05) is 0 Å². The van der Waals surface area contributed by atoms with Gasteiger partial charge in [-0.2, -0.15) is 5.26 Å². The van der Waals surface area contributed by atoms with Gasteiger partial charge in [0.2, 0.25) is 0 Å². The first-order valence-electron chi connectivity index (χ1n) is 8.38. The maximum atomic E-state index is 9.21. The molecule has 1 atom stereocenters. The Morgan fingerprint density at radius 2 is 2.60 bits per heavy atom. The highest BCUT2D eigenvalue weighted by Gasteiger charge is 2.15. The lowest BCUT2D eigenvalue weighted by atomic mass is 9.79. The van der Waals surface area contributed by atoms with Crippen molar-refractivity contribution in [1.29, 1.82) is 5.26 Å². The van der Waals surface area contributed by atoms with Crippen molar-refractivity contribution in [2.45, 2.75) is 26.0 Å². The molecule has 15 heavy (non-hydrogen) atoms. The van der Waals surface area contributed by atoms with E-state index in [0.29, 0.717) is 6.07 Å². The SMILES string of the molecule is [2H]C([2H])([2H])C([2H])([2H])C([2H])(c1cc(B(O)O)cc(C#N)n1)C([2H])([2H])[2H]. The van der Waals surface area contributed by atoms with E-state index >= 15 is 0 Å². The first kappa shape index (κ1) is 4.24. The van der Waals surface area contributed by atoms with Crippen molar-refractivity contribution in [3.8, 4) is 6.07 Å². The van der Waals surface area contributed by atoms with E-state index in [2.05, 4.69) is 4.98 Å². The zero-order valence-electron chi connectivity index (χ0n) is 16.5. The van der Waals surface area contributed by atoms with Crippen LogP contribution in [0.1, 0.15) is 49.7 Å². The summed E-state index contributed by atoms with van der Waals surface area (Å²) in [6, 6.07) is 3.10. The highest BCUT2D eigenvalue weighted by Crippen LogP contribution is 2.15.